The second-order valence-electron chi connectivity index (χ2n) is 6.91. The molecule has 11 nitrogen and oxygen atoms in total. The van der Waals surface area contributed by atoms with E-state index in [1.165, 1.54) is 6.26 Å². The second-order valence-corrected chi connectivity index (χ2v) is 6.91. The van der Waals surface area contributed by atoms with Crippen LogP contribution in [0, 0.1) is 6.92 Å². The molecule has 5 aromatic rings. The van der Waals surface area contributed by atoms with Gasteiger partial charge < -0.3 is 14.2 Å². The average Bonchev–Trinajstić information content (AvgIpc) is 3.52. The van der Waals surface area contributed by atoms with E-state index in [1.54, 1.807) is 49.4 Å². The van der Waals surface area contributed by atoms with Gasteiger partial charge in [0.15, 0.2) is 5.76 Å². The maximum atomic E-state index is 13.2. The van der Waals surface area contributed by atoms with Gasteiger partial charge in [-0.15, -0.1) is 5.10 Å². The molecule has 0 radical (unpaired) electrons. The zero-order chi connectivity index (χ0) is 22.2. The zero-order valence-corrected chi connectivity index (χ0v) is 16.7. The lowest BCUT2D eigenvalue weighted by atomic mass is 10.1. The SMILES string of the molecule is Cc1oc2[nH]c(=O)n(-c3ccccc3)c(=O)c2c1C(=O)NCc1nc(-c2ccco2)n[nH]1. The first-order valence-corrected chi connectivity index (χ1v) is 9.60. The molecule has 0 aliphatic carbocycles. The third kappa shape index (κ3) is 3.21. The normalized spacial score (nSPS) is 11.2. The van der Waals surface area contributed by atoms with Crippen LogP contribution in [0.2, 0.25) is 0 Å². The Balaban J connectivity index is 1.48. The third-order valence-electron chi connectivity index (χ3n) is 4.86. The zero-order valence-electron chi connectivity index (χ0n) is 16.7. The molecule has 0 aliphatic rings. The van der Waals surface area contributed by atoms with Crippen molar-refractivity contribution in [3.05, 3.63) is 86.7 Å². The molecule has 4 aromatic heterocycles. The van der Waals surface area contributed by atoms with Crippen LogP contribution in [0.4, 0.5) is 0 Å². The van der Waals surface area contributed by atoms with E-state index in [2.05, 4.69) is 25.5 Å². The summed E-state index contributed by atoms with van der Waals surface area (Å²) in [5.41, 5.74) is -0.970. The molecule has 0 spiro atoms. The summed E-state index contributed by atoms with van der Waals surface area (Å²) in [6.45, 7) is 1.57. The van der Waals surface area contributed by atoms with Gasteiger partial charge in [0, 0.05) is 0 Å². The first-order chi connectivity index (χ1) is 15.5. The molecule has 0 unspecified atom stereocenters. The van der Waals surface area contributed by atoms with Crippen molar-refractivity contribution in [1.29, 1.82) is 0 Å². The largest absolute Gasteiger partial charge is 0.461 e. The van der Waals surface area contributed by atoms with E-state index >= 15 is 0 Å². The molecule has 32 heavy (non-hydrogen) atoms. The van der Waals surface area contributed by atoms with Gasteiger partial charge in [-0.1, -0.05) is 18.2 Å². The summed E-state index contributed by atoms with van der Waals surface area (Å²) in [7, 11) is 0. The average molecular weight is 432 g/mol. The van der Waals surface area contributed by atoms with Crippen LogP contribution >= 0.6 is 0 Å². The minimum absolute atomic E-state index is 0.0164. The van der Waals surface area contributed by atoms with Gasteiger partial charge in [0.05, 0.1) is 24.1 Å². The number of furan rings is 2. The van der Waals surface area contributed by atoms with E-state index in [0.29, 0.717) is 23.1 Å². The van der Waals surface area contributed by atoms with Gasteiger partial charge in [-0.2, -0.15) is 0 Å². The monoisotopic (exact) mass is 432 g/mol. The van der Waals surface area contributed by atoms with E-state index < -0.39 is 17.2 Å². The molecule has 1 aromatic carbocycles. The molecule has 5 rings (SSSR count). The van der Waals surface area contributed by atoms with E-state index in [-0.39, 0.29) is 29.0 Å². The first kappa shape index (κ1) is 19.3. The Morgan fingerprint density at radius 2 is 1.97 bits per heavy atom. The predicted octanol–water partition coefficient (Wildman–Crippen LogP) is 1.89. The highest BCUT2D eigenvalue weighted by molar-refractivity contribution is 6.06. The number of para-hydroxylation sites is 1. The van der Waals surface area contributed by atoms with Crippen molar-refractivity contribution in [3.63, 3.8) is 0 Å². The Morgan fingerprint density at radius 1 is 1.16 bits per heavy atom. The summed E-state index contributed by atoms with van der Waals surface area (Å²) in [4.78, 5) is 45.4. The van der Waals surface area contributed by atoms with Crippen molar-refractivity contribution < 1.29 is 13.6 Å². The topological polar surface area (TPSA) is 152 Å². The Hall–Kier alpha value is -4.67. The van der Waals surface area contributed by atoms with Gasteiger partial charge in [0.25, 0.3) is 11.5 Å². The molecule has 1 amide bonds. The van der Waals surface area contributed by atoms with Crippen LogP contribution in [-0.2, 0) is 6.54 Å². The Labute approximate surface area is 178 Å². The van der Waals surface area contributed by atoms with Crippen molar-refractivity contribution in [2.24, 2.45) is 0 Å². The van der Waals surface area contributed by atoms with Crippen molar-refractivity contribution in [2.75, 3.05) is 0 Å². The number of aromatic amines is 2. The standard InChI is InChI=1S/C21H16N6O5/c1-11-15(18(28)22-10-14-23-17(26-25-14)13-8-5-9-31-13)16-19(32-11)24-21(30)27(20(16)29)12-6-3-2-4-7-12/h2-9H,10H2,1H3,(H,22,28)(H,24,30)(H,23,25,26). The number of aromatic nitrogens is 5. The number of carbonyl (C=O) groups excluding carboxylic acids is 1. The van der Waals surface area contributed by atoms with Crippen LogP contribution in [0.5, 0.6) is 0 Å². The fraction of sp³-hybridized carbons (Fsp3) is 0.0952. The van der Waals surface area contributed by atoms with Gasteiger partial charge in [-0.05, 0) is 31.2 Å². The Kier molecular flexibility index (Phi) is 4.55. The van der Waals surface area contributed by atoms with Gasteiger partial charge in [-0.3, -0.25) is 19.7 Å². The lowest BCUT2D eigenvalue weighted by Crippen LogP contribution is -2.34. The minimum Gasteiger partial charge on any atom is -0.461 e. The van der Waals surface area contributed by atoms with E-state index in [0.717, 1.165) is 4.57 Å². The summed E-state index contributed by atoms with van der Waals surface area (Å²) in [6, 6.07) is 11.8. The molecular formula is C21H16N6O5. The van der Waals surface area contributed by atoms with Crippen molar-refractivity contribution in [2.45, 2.75) is 13.5 Å². The number of benzene rings is 1. The highest BCUT2D eigenvalue weighted by Crippen LogP contribution is 2.21. The molecule has 0 saturated heterocycles. The van der Waals surface area contributed by atoms with Crippen molar-refractivity contribution in [1.82, 2.24) is 30.0 Å². The van der Waals surface area contributed by atoms with Crippen LogP contribution in [0.25, 0.3) is 28.4 Å². The molecule has 0 atom stereocenters. The highest BCUT2D eigenvalue weighted by atomic mass is 16.3. The minimum atomic E-state index is -0.665. The summed E-state index contributed by atoms with van der Waals surface area (Å²) >= 11 is 0. The number of H-pyrrole nitrogens is 2. The summed E-state index contributed by atoms with van der Waals surface area (Å²) in [5, 5.41) is 9.44. The van der Waals surface area contributed by atoms with E-state index in [1.807, 2.05) is 0 Å². The molecule has 11 heteroatoms. The molecule has 0 fully saturated rings. The number of amides is 1. The third-order valence-corrected chi connectivity index (χ3v) is 4.86. The Bertz CT molecular complexity index is 1540. The maximum absolute atomic E-state index is 13.2. The number of carbonyl (C=O) groups is 1. The lowest BCUT2D eigenvalue weighted by Gasteiger charge is -2.05. The number of fused-ring (bicyclic) bond motifs is 1. The number of nitrogens with zero attached hydrogens (tertiary/aromatic N) is 3. The summed E-state index contributed by atoms with van der Waals surface area (Å²) in [6.07, 6.45) is 1.51. The van der Waals surface area contributed by atoms with Gasteiger partial charge in [0.2, 0.25) is 11.5 Å². The molecule has 3 N–H and O–H groups in total. The number of aryl methyl sites for hydroxylation is 1. The summed E-state index contributed by atoms with van der Waals surface area (Å²) < 4.78 is 11.7. The van der Waals surface area contributed by atoms with Gasteiger partial charge >= 0.3 is 5.69 Å². The smallest absolute Gasteiger partial charge is 0.335 e. The predicted molar refractivity (Wildman–Crippen MR) is 112 cm³/mol. The number of nitrogens with one attached hydrogen (secondary N) is 3. The van der Waals surface area contributed by atoms with Crippen LogP contribution in [-0.4, -0.2) is 30.6 Å². The molecular weight excluding hydrogens is 416 g/mol. The van der Waals surface area contributed by atoms with Crippen molar-refractivity contribution >= 4 is 17.0 Å². The molecule has 4 heterocycles. The molecule has 0 bridgehead atoms. The molecule has 160 valence electrons. The second kappa shape index (κ2) is 7.54. The maximum Gasteiger partial charge on any atom is 0.335 e. The molecule has 0 aliphatic heterocycles. The van der Waals surface area contributed by atoms with Crippen LogP contribution in [0.15, 0.2) is 67.2 Å². The fourth-order valence-corrected chi connectivity index (χ4v) is 3.42. The fourth-order valence-electron chi connectivity index (χ4n) is 3.42. The lowest BCUT2D eigenvalue weighted by molar-refractivity contribution is 0.0949. The Morgan fingerprint density at radius 3 is 2.72 bits per heavy atom. The van der Waals surface area contributed by atoms with Crippen LogP contribution in [0.1, 0.15) is 21.9 Å². The quantitative estimate of drug-likeness (QED) is 0.383. The molecule has 0 saturated carbocycles. The number of rotatable bonds is 5. The summed E-state index contributed by atoms with van der Waals surface area (Å²) in [5.74, 6) is 0.879. The first-order valence-electron chi connectivity index (χ1n) is 9.60. The highest BCUT2D eigenvalue weighted by Gasteiger charge is 2.24. The van der Waals surface area contributed by atoms with Gasteiger partial charge in [0.1, 0.15) is 17.0 Å². The van der Waals surface area contributed by atoms with Gasteiger partial charge in [-0.25, -0.2) is 14.3 Å². The van der Waals surface area contributed by atoms with E-state index in [9.17, 15) is 14.4 Å². The van der Waals surface area contributed by atoms with Crippen molar-refractivity contribution in [3.8, 4) is 17.3 Å². The number of hydrogen-bond donors (Lipinski definition) is 3. The van der Waals surface area contributed by atoms with Crippen LogP contribution < -0.4 is 16.6 Å². The number of hydrogen-bond acceptors (Lipinski definition) is 7. The van der Waals surface area contributed by atoms with Crippen LogP contribution in [0.3, 0.4) is 0 Å². The van der Waals surface area contributed by atoms with E-state index in [4.69, 9.17) is 8.83 Å².